The first-order valence-corrected chi connectivity index (χ1v) is 7.02. The highest BCUT2D eigenvalue weighted by Crippen LogP contribution is 2.27. The maximum absolute atomic E-state index is 12.3. The van der Waals surface area contributed by atoms with Crippen LogP contribution >= 0.6 is 0 Å². The maximum atomic E-state index is 12.3. The monoisotopic (exact) mass is 252 g/mol. The Hall–Kier alpha value is -1.16. The van der Waals surface area contributed by atoms with Crippen molar-refractivity contribution in [2.24, 2.45) is 0 Å². The molecular weight excluding hydrogens is 236 g/mol. The van der Waals surface area contributed by atoms with Gasteiger partial charge in [0.05, 0.1) is 23.5 Å². The van der Waals surface area contributed by atoms with Gasteiger partial charge in [-0.3, -0.25) is 4.21 Å². The number of hydrogen-bond donors (Lipinski definition) is 0. The molecule has 0 bridgehead atoms. The summed E-state index contributed by atoms with van der Waals surface area (Å²) < 4.78 is 16.9. The van der Waals surface area contributed by atoms with E-state index >= 15 is 0 Å². The molecule has 1 aromatic carbocycles. The van der Waals surface area contributed by atoms with Gasteiger partial charge in [0.15, 0.2) is 0 Å². The molecule has 0 aliphatic heterocycles. The zero-order chi connectivity index (χ0) is 12.3. The van der Waals surface area contributed by atoms with E-state index in [1.165, 1.54) is 7.11 Å². The zero-order valence-electron chi connectivity index (χ0n) is 9.85. The molecule has 1 aliphatic carbocycles. The lowest BCUT2D eigenvalue weighted by molar-refractivity contribution is 0.0600. The minimum atomic E-state index is -0.995. The lowest BCUT2D eigenvalue weighted by Crippen LogP contribution is -2.11. The first-order chi connectivity index (χ1) is 8.22. The van der Waals surface area contributed by atoms with Gasteiger partial charge in [-0.15, -0.1) is 0 Å². The zero-order valence-corrected chi connectivity index (χ0v) is 10.7. The van der Waals surface area contributed by atoms with E-state index in [4.69, 9.17) is 0 Å². The van der Waals surface area contributed by atoms with Gasteiger partial charge in [-0.05, 0) is 31.0 Å². The Morgan fingerprint density at radius 2 is 2.06 bits per heavy atom. The van der Waals surface area contributed by atoms with Crippen LogP contribution in [-0.2, 0) is 15.5 Å². The van der Waals surface area contributed by atoms with Crippen LogP contribution in [0.4, 0.5) is 0 Å². The Morgan fingerprint density at radius 1 is 1.35 bits per heavy atom. The number of rotatable bonds is 3. The Bertz CT molecular complexity index is 436. The van der Waals surface area contributed by atoms with Crippen molar-refractivity contribution in [2.75, 3.05) is 7.11 Å². The summed E-state index contributed by atoms with van der Waals surface area (Å²) in [5.74, 6) is -0.379. The van der Waals surface area contributed by atoms with Crippen LogP contribution < -0.4 is 0 Å². The Morgan fingerprint density at radius 3 is 2.71 bits per heavy atom. The van der Waals surface area contributed by atoms with E-state index in [1.54, 1.807) is 18.2 Å². The quantitative estimate of drug-likeness (QED) is 0.776. The largest absolute Gasteiger partial charge is 0.465 e. The summed E-state index contributed by atoms with van der Waals surface area (Å²) in [6, 6.07) is 6.94. The Labute approximate surface area is 104 Å². The molecule has 4 heteroatoms. The van der Waals surface area contributed by atoms with Crippen LogP contribution in [0.25, 0.3) is 0 Å². The first kappa shape index (κ1) is 12.3. The molecule has 1 aliphatic rings. The third kappa shape index (κ3) is 2.75. The van der Waals surface area contributed by atoms with Crippen LogP contribution in [0.1, 0.15) is 36.0 Å². The predicted molar refractivity (Wildman–Crippen MR) is 66.4 cm³/mol. The molecule has 1 aromatic rings. The fourth-order valence-corrected chi connectivity index (χ4v) is 3.76. The third-order valence-corrected chi connectivity index (χ3v) is 4.89. The van der Waals surface area contributed by atoms with Gasteiger partial charge in [0, 0.05) is 10.1 Å². The average Bonchev–Trinajstić information content (AvgIpc) is 2.91. The normalized spacial score (nSPS) is 17.9. The summed E-state index contributed by atoms with van der Waals surface area (Å²) in [5.41, 5.74) is 0.469. The lowest BCUT2D eigenvalue weighted by Gasteiger charge is -2.09. The summed E-state index contributed by atoms with van der Waals surface area (Å²) in [6.45, 7) is 0. The molecule has 0 N–H and O–H groups in total. The van der Waals surface area contributed by atoms with Crippen LogP contribution in [0, 0.1) is 0 Å². The molecule has 17 heavy (non-hydrogen) atoms. The smallest absolute Gasteiger partial charge is 0.337 e. The summed E-state index contributed by atoms with van der Waals surface area (Å²) in [6.07, 6.45) is 4.37. The number of methoxy groups -OCH3 is 1. The number of carbonyl (C=O) groups excluding carboxylic acids is 1. The molecule has 1 atom stereocenters. The minimum absolute atomic E-state index is 0.253. The van der Waals surface area contributed by atoms with Crippen molar-refractivity contribution >= 4 is 16.8 Å². The van der Waals surface area contributed by atoms with Crippen molar-refractivity contribution in [3.05, 3.63) is 29.8 Å². The van der Waals surface area contributed by atoms with Gasteiger partial charge in [-0.1, -0.05) is 18.9 Å². The molecule has 92 valence electrons. The molecule has 0 amide bonds. The molecule has 1 fully saturated rings. The summed E-state index contributed by atoms with van der Waals surface area (Å²) >= 11 is 0. The van der Waals surface area contributed by atoms with E-state index in [0.29, 0.717) is 5.56 Å². The van der Waals surface area contributed by atoms with Crippen molar-refractivity contribution in [3.63, 3.8) is 0 Å². The van der Waals surface area contributed by atoms with E-state index < -0.39 is 10.8 Å². The topological polar surface area (TPSA) is 43.4 Å². The summed E-state index contributed by atoms with van der Waals surface area (Å²) in [5, 5.41) is 0.253. The van der Waals surface area contributed by atoms with Crippen LogP contribution in [0.15, 0.2) is 29.2 Å². The number of benzene rings is 1. The van der Waals surface area contributed by atoms with Crippen LogP contribution in [0.2, 0.25) is 0 Å². The SMILES string of the molecule is COC(=O)c1cccc(S(=O)C2CCCC2)c1. The molecule has 3 nitrogen and oxygen atoms in total. The molecular formula is C13H16O3S. The van der Waals surface area contributed by atoms with Crippen molar-refractivity contribution in [3.8, 4) is 0 Å². The second-order valence-corrected chi connectivity index (χ2v) is 5.96. The molecule has 0 saturated heterocycles. The van der Waals surface area contributed by atoms with Crippen molar-refractivity contribution in [1.29, 1.82) is 0 Å². The lowest BCUT2D eigenvalue weighted by atomic mass is 10.2. The van der Waals surface area contributed by atoms with Gasteiger partial charge >= 0.3 is 5.97 Å². The molecule has 0 heterocycles. The van der Waals surface area contributed by atoms with Crippen LogP contribution in [0.5, 0.6) is 0 Å². The van der Waals surface area contributed by atoms with Gasteiger partial charge in [0.25, 0.3) is 0 Å². The Balaban J connectivity index is 2.20. The maximum Gasteiger partial charge on any atom is 0.337 e. The van der Waals surface area contributed by atoms with Crippen molar-refractivity contribution in [1.82, 2.24) is 0 Å². The van der Waals surface area contributed by atoms with E-state index in [1.807, 2.05) is 6.07 Å². The Kier molecular flexibility index (Phi) is 3.94. The fraction of sp³-hybridized carbons (Fsp3) is 0.462. The minimum Gasteiger partial charge on any atom is -0.465 e. The van der Waals surface area contributed by atoms with Gasteiger partial charge < -0.3 is 4.74 Å². The highest BCUT2D eigenvalue weighted by molar-refractivity contribution is 7.85. The standard InChI is InChI=1S/C13H16O3S/c1-16-13(14)10-5-4-8-12(9-10)17(15)11-6-2-3-7-11/h4-5,8-9,11H,2-3,6-7H2,1H3. The second kappa shape index (κ2) is 5.45. The van der Waals surface area contributed by atoms with E-state index in [2.05, 4.69) is 4.74 Å². The molecule has 0 spiro atoms. The van der Waals surface area contributed by atoms with E-state index in [9.17, 15) is 9.00 Å². The number of hydrogen-bond acceptors (Lipinski definition) is 3. The molecule has 1 saturated carbocycles. The average molecular weight is 252 g/mol. The molecule has 2 rings (SSSR count). The van der Waals surface area contributed by atoms with E-state index in [-0.39, 0.29) is 11.2 Å². The van der Waals surface area contributed by atoms with Gasteiger partial charge in [0.1, 0.15) is 0 Å². The second-order valence-electron chi connectivity index (χ2n) is 4.22. The van der Waals surface area contributed by atoms with E-state index in [0.717, 1.165) is 30.6 Å². The number of carbonyl (C=O) groups is 1. The van der Waals surface area contributed by atoms with Gasteiger partial charge in [-0.25, -0.2) is 4.79 Å². The highest BCUT2D eigenvalue weighted by Gasteiger charge is 2.23. The summed E-state index contributed by atoms with van der Waals surface area (Å²) in [4.78, 5) is 12.1. The van der Waals surface area contributed by atoms with Crippen LogP contribution in [-0.4, -0.2) is 22.5 Å². The van der Waals surface area contributed by atoms with Crippen molar-refractivity contribution in [2.45, 2.75) is 35.8 Å². The molecule has 1 unspecified atom stereocenters. The molecule has 0 radical (unpaired) electrons. The third-order valence-electron chi connectivity index (χ3n) is 3.09. The van der Waals surface area contributed by atoms with Crippen LogP contribution in [0.3, 0.4) is 0 Å². The predicted octanol–water partition coefficient (Wildman–Crippen LogP) is 2.52. The molecule has 0 aromatic heterocycles. The number of esters is 1. The van der Waals surface area contributed by atoms with Crippen molar-refractivity contribution < 1.29 is 13.7 Å². The van der Waals surface area contributed by atoms with Gasteiger partial charge in [-0.2, -0.15) is 0 Å². The van der Waals surface area contributed by atoms with Gasteiger partial charge in [0.2, 0.25) is 0 Å². The number of ether oxygens (including phenoxy) is 1. The first-order valence-electron chi connectivity index (χ1n) is 5.81. The summed E-state index contributed by atoms with van der Waals surface area (Å²) in [7, 11) is 0.355. The highest BCUT2D eigenvalue weighted by atomic mass is 32.2. The fourth-order valence-electron chi connectivity index (χ4n) is 2.16.